The minimum atomic E-state index is 0.626. The summed E-state index contributed by atoms with van der Waals surface area (Å²) in [6.45, 7) is 4.62. The molecule has 2 aliphatic carbocycles. The van der Waals surface area contributed by atoms with Crippen molar-refractivity contribution < 1.29 is 0 Å². The molecule has 366 valence electrons. The number of rotatable bonds is 29. The Morgan fingerprint density at radius 2 is 0.721 bits per heavy atom. The molecule has 2 atom stereocenters. The second-order valence-corrected chi connectivity index (χ2v) is 23.2. The van der Waals surface area contributed by atoms with Crippen molar-refractivity contribution in [3.05, 3.63) is 116 Å². The number of hydrogen-bond donors (Lipinski definition) is 0. The van der Waals surface area contributed by atoms with Crippen LogP contribution < -0.4 is 0 Å². The summed E-state index contributed by atoms with van der Waals surface area (Å²) in [5.74, 6) is 1.25. The molecule has 0 spiro atoms. The van der Waals surface area contributed by atoms with Gasteiger partial charge in [-0.15, -0.1) is 0 Å². The molecule has 4 heteroatoms. The topological polar surface area (TPSA) is 9.86 Å². The molecule has 6 aromatic rings. The first kappa shape index (κ1) is 51.3. The highest BCUT2D eigenvalue weighted by Crippen LogP contribution is 2.45. The Morgan fingerprint density at radius 1 is 0.397 bits per heavy atom. The number of benzene rings is 4. The second-order valence-electron chi connectivity index (χ2n) is 21.3. The van der Waals surface area contributed by atoms with Crippen LogP contribution in [0.1, 0.15) is 241 Å². The Hall–Kier alpha value is -3.08. The Bertz CT molecular complexity index is 2260. The maximum Gasteiger partial charge on any atom is 0.0535 e. The quantitative estimate of drug-likeness (QED) is 0.0414. The molecule has 0 N–H and O–H groups in total. The van der Waals surface area contributed by atoms with Crippen LogP contribution in [0.15, 0.2) is 93.9 Å². The first-order valence-corrected chi connectivity index (χ1v) is 30.0. The van der Waals surface area contributed by atoms with E-state index in [0.717, 1.165) is 0 Å². The van der Waals surface area contributed by atoms with Gasteiger partial charge in [-0.05, 0) is 146 Å². The van der Waals surface area contributed by atoms with Crippen LogP contribution in [0, 0.1) is 0 Å². The van der Waals surface area contributed by atoms with Gasteiger partial charge >= 0.3 is 0 Å². The summed E-state index contributed by atoms with van der Waals surface area (Å²) in [6.07, 6.45) is 44.0. The van der Waals surface area contributed by atoms with Crippen molar-refractivity contribution in [1.29, 1.82) is 0 Å². The zero-order valence-electron chi connectivity index (χ0n) is 42.5. The molecule has 0 bridgehead atoms. The molecule has 0 amide bonds. The number of hydrogen-bond acceptors (Lipinski definition) is 0. The summed E-state index contributed by atoms with van der Waals surface area (Å²) in [5.41, 5.74) is 14.3. The van der Waals surface area contributed by atoms with Gasteiger partial charge in [0.1, 0.15) is 0 Å². The number of fused-ring (bicyclic) bond motifs is 6. The average molecular weight is 1040 g/mol. The minimum absolute atomic E-state index is 0.626. The van der Waals surface area contributed by atoms with Gasteiger partial charge in [0.25, 0.3) is 0 Å². The predicted molar refractivity (Wildman–Crippen MR) is 304 cm³/mol. The van der Waals surface area contributed by atoms with Crippen molar-refractivity contribution in [2.75, 3.05) is 0 Å². The van der Waals surface area contributed by atoms with Crippen LogP contribution in [0.4, 0.5) is 0 Å². The zero-order chi connectivity index (χ0) is 46.9. The highest BCUT2D eigenvalue weighted by atomic mass is 79.9. The predicted octanol–water partition coefficient (Wildman–Crippen LogP) is 21.8. The Labute approximate surface area is 430 Å². The molecule has 68 heavy (non-hydrogen) atoms. The van der Waals surface area contributed by atoms with E-state index >= 15 is 0 Å². The van der Waals surface area contributed by atoms with Gasteiger partial charge in [-0.25, -0.2) is 0 Å². The first-order valence-electron chi connectivity index (χ1n) is 28.4. The fourth-order valence-corrected chi connectivity index (χ4v) is 13.3. The van der Waals surface area contributed by atoms with E-state index in [0.29, 0.717) is 11.8 Å². The van der Waals surface area contributed by atoms with Gasteiger partial charge in [0, 0.05) is 42.5 Å². The summed E-state index contributed by atoms with van der Waals surface area (Å²) in [6, 6.07) is 33.1. The minimum Gasteiger partial charge on any atom is -0.313 e. The van der Waals surface area contributed by atoms with Crippen LogP contribution in [-0.2, 0) is 12.8 Å². The molecule has 2 aromatic heterocycles. The molecule has 2 unspecified atom stereocenters. The number of nitrogens with zero attached hydrogens (tertiary/aromatic N) is 2. The van der Waals surface area contributed by atoms with Crippen LogP contribution in [0.25, 0.3) is 44.3 Å². The SMILES string of the molecule is CCCCCCCCCCCCCCC1CCCc2c1n(-c1ccc(-c3ccc(-n4c5c(c6cc(Br)ccc64)CCCC5CCCCCCCCCCCCCC)cc3)cc1)c1ccc(Br)cc21. The summed E-state index contributed by atoms with van der Waals surface area (Å²) in [5, 5.41) is 2.88. The number of halogens is 2. The standard InChI is InChI=1S/C64H86Br2N2/c1-3-5-7-9-11-13-15-17-19-21-23-25-29-51-31-27-33-57-59-47-53(65)39-45-61(59)67(63(51)57)55-41-35-49(36-42-55)50-37-43-56(44-38-50)68-62-46-40-54(66)48-60(62)58-34-28-32-52(64(58)68)30-26-24-22-20-18-16-14-12-10-8-6-4-2/h35-48,51-52H,3-34H2,1-2H3. The van der Waals surface area contributed by atoms with E-state index in [1.54, 1.807) is 22.5 Å². The number of unbranched alkanes of at least 4 members (excludes halogenated alkanes) is 22. The van der Waals surface area contributed by atoms with Gasteiger partial charge in [0.05, 0.1) is 11.0 Å². The fourth-order valence-electron chi connectivity index (χ4n) is 12.6. The van der Waals surface area contributed by atoms with Crippen molar-refractivity contribution >= 4 is 53.7 Å². The molecule has 0 radical (unpaired) electrons. The van der Waals surface area contributed by atoms with Gasteiger partial charge in [0.15, 0.2) is 0 Å². The summed E-state index contributed by atoms with van der Waals surface area (Å²) in [7, 11) is 0. The van der Waals surface area contributed by atoms with Gasteiger partial charge in [-0.2, -0.15) is 0 Å². The summed E-state index contributed by atoms with van der Waals surface area (Å²) < 4.78 is 7.67. The first-order chi connectivity index (χ1) is 33.6. The molecule has 0 saturated heterocycles. The lowest BCUT2D eigenvalue weighted by molar-refractivity contribution is 0.469. The molecular weight excluding hydrogens is 957 g/mol. The smallest absolute Gasteiger partial charge is 0.0535 e. The van der Waals surface area contributed by atoms with Crippen molar-refractivity contribution in [3.63, 3.8) is 0 Å². The Morgan fingerprint density at radius 3 is 1.06 bits per heavy atom. The average Bonchev–Trinajstić information content (AvgIpc) is 3.87. The monoisotopic (exact) mass is 1040 g/mol. The molecule has 8 rings (SSSR count). The van der Waals surface area contributed by atoms with E-state index in [2.05, 4.69) is 140 Å². The van der Waals surface area contributed by atoms with Gasteiger partial charge in [-0.1, -0.05) is 224 Å². The van der Waals surface area contributed by atoms with Crippen molar-refractivity contribution in [3.8, 4) is 22.5 Å². The largest absolute Gasteiger partial charge is 0.313 e. The lowest BCUT2D eigenvalue weighted by Gasteiger charge is -2.26. The molecule has 0 aliphatic heterocycles. The van der Waals surface area contributed by atoms with Crippen LogP contribution in [0.2, 0.25) is 0 Å². The Kier molecular flexibility index (Phi) is 20.3. The highest BCUT2D eigenvalue weighted by Gasteiger charge is 2.30. The third kappa shape index (κ3) is 13.3. The van der Waals surface area contributed by atoms with E-state index in [1.807, 2.05) is 0 Å². The summed E-state index contributed by atoms with van der Waals surface area (Å²) in [4.78, 5) is 0. The van der Waals surface area contributed by atoms with Crippen LogP contribution in [0.5, 0.6) is 0 Å². The maximum atomic E-state index is 3.84. The molecule has 2 heterocycles. The third-order valence-electron chi connectivity index (χ3n) is 16.3. The van der Waals surface area contributed by atoms with E-state index in [4.69, 9.17) is 0 Å². The molecular formula is C64H86Br2N2. The van der Waals surface area contributed by atoms with Crippen LogP contribution >= 0.6 is 31.9 Å². The van der Waals surface area contributed by atoms with E-state index in [-0.39, 0.29) is 0 Å². The lowest BCUT2D eigenvalue weighted by Crippen LogP contribution is -2.14. The molecule has 4 aromatic carbocycles. The van der Waals surface area contributed by atoms with E-state index in [1.165, 1.54) is 259 Å². The van der Waals surface area contributed by atoms with E-state index < -0.39 is 0 Å². The van der Waals surface area contributed by atoms with Crippen LogP contribution in [-0.4, -0.2) is 9.13 Å². The van der Waals surface area contributed by atoms with Crippen molar-refractivity contribution in [2.24, 2.45) is 0 Å². The summed E-state index contributed by atoms with van der Waals surface area (Å²) >= 11 is 7.68. The normalized spacial score (nSPS) is 15.9. The molecule has 2 nitrogen and oxygen atoms in total. The number of aryl methyl sites for hydroxylation is 2. The molecule has 2 aliphatic rings. The van der Waals surface area contributed by atoms with Gasteiger partial charge < -0.3 is 9.13 Å². The van der Waals surface area contributed by atoms with Gasteiger partial charge in [-0.3, -0.25) is 0 Å². The highest BCUT2D eigenvalue weighted by molar-refractivity contribution is 9.10. The Balaban J connectivity index is 0.929. The molecule has 0 saturated carbocycles. The van der Waals surface area contributed by atoms with Gasteiger partial charge in [0.2, 0.25) is 0 Å². The third-order valence-corrected chi connectivity index (χ3v) is 17.3. The lowest BCUT2D eigenvalue weighted by atomic mass is 9.83. The van der Waals surface area contributed by atoms with Crippen molar-refractivity contribution in [1.82, 2.24) is 9.13 Å². The fraction of sp³-hybridized carbons (Fsp3) is 0.562. The zero-order valence-corrected chi connectivity index (χ0v) is 45.7. The van der Waals surface area contributed by atoms with Crippen molar-refractivity contribution in [2.45, 2.75) is 231 Å². The number of aromatic nitrogens is 2. The second kappa shape index (κ2) is 26.9. The van der Waals surface area contributed by atoms with E-state index in [9.17, 15) is 0 Å². The van der Waals surface area contributed by atoms with Crippen LogP contribution in [0.3, 0.4) is 0 Å². The maximum absolute atomic E-state index is 3.84. The molecule has 0 fully saturated rings.